The van der Waals surface area contributed by atoms with Crippen molar-refractivity contribution in [3.63, 3.8) is 0 Å². The minimum Gasteiger partial charge on any atom is -0.488 e. The van der Waals surface area contributed by atoms with Crippen LogP contribution in [-0.2, 0) is 6.61 Å². The number of nitro groups is 1. The summed E-state index contributed by atoms with van der Waals surface area (Å²) in [7, 11) is 0. The summed E-state index contributed by atoms with van der Waals surface area (Å²) in [6, 6.07) is 11.9. The summed E-state index contributed by atoms with van der Waals surface area (Å²) in [5, 5.41) is 21.1. The minimum atomic E-state index is -0.401. The zero-order valence-electron chi connectivity index (χ0n) is 12.9. The Labute approximate surface area is 144 Å². The maximum atomic E-state index is 11.3. The number of nitrogens with zero attached hydrogens (tertiary/aromatic N) is 2. The van der Waals surface area contributed by atoms with Gasteiger partial charge in [-0.2, -0.15) is 0 Å². The van der Waals surface area contributed by atoms with Crippen molar-refractivity contribution < 1.29 is 14.8 Å². The number of anilines is 1. The van der Waals surface area contributed by atoms with Crippen LogP contribution >= 0.6 is 11.6 Å². The molecule has 3 rings (SSSR count). The van der Waals surface area contributed by atoms with Crippen LogP contribution in [-0.4, -0.2) is 29.2 Å². The van der Waals surface area contributed by atoms with Crippen molar-refractivity contribution in [2.75, 3.05) is 18.0 Å². The van der Waals surface area contributed by atoms with Crippen LogP contribution in [0.4, 0.5) is 11.4 Å². The molecule has 0 amide bonds. The molecule has 6 nitrogen and oxygen atoms in total. The first-order valence-electron chi connectivity index (χ1n) is 7.62. The molecule has 1 atom stereocenters. The molecule has 1 N–H and O–H groups in total. The summed E-state index contributed by atoms with van der Waals surface area (Å²) < 4.78 is 5.92. The van der Waals surface area contributed by atoms with E-state index < -0.39 is 4.92 Å². The van der Waals surface area contributed by atoms with Crippen molar-refractivity contribution in [1.82, 2.24) is 0 Å². The minimum absolute atomic E-state index is 0.0376. The topological polar surface area (TPSA) is 75.8 Å². The van der Waals surface area contributed by atoms with Gasteiger partial charge >= 0.3 is 0 Å². The lowest BCUT2D eigenvalue weighted by Gasteiger charge is -2.19. The van der Waals surface area contributed by atoms with Gasteiger partial charge in [-0.1, -0.05) is 17.7 Å². The first-order valence-corrected chi connectivity index (χ1v) is 8.00. The van der Waals surface area contributed by atoms with Gasteiger partial charge in [0.15, 0.2) is 0 Å². The molecule has 0 spiro atoms. The average molecular weight is 349 g/mol. The summed E-state index contributed by atoms with van der Waals surface area (Å²) in [6.45, 7) is 1.05. The highest BCUT2D eigenvalue weighted by Crippen LogP contribution is 2.33. The summed E-state index contributed by atoms with van der Waals surface area (Å²) in [5.74, 6) is 0.688. The van der Waals surface area contributed by atoms with Gasteiger partial charge in [-0.05, 0) is 35.9 Å². The summed E-state index contributed by atoms with van der Waals surface area (Å²) in [5.41, 5.74) is 1.20. The van der Waals surface area contributed by atoms with E-state index in [1.54, 1.807) is 24.3 Å². The molecule has 2 aromatic rings. The normalized spacial score (nSPS) is 17.1. The molecule has 0 aliphatic carbocycles. The van der Waals surface area contributed by atoms with Gasteiger partial charge in [0, 0.05) is 24.1 Å². The molecular formula is C17H17ClN2O4. The zero-order chi connectivity index (χ0) is 17.1. The first kappa shape index (κ1) is 16.5. The SMILES string of the molecule is O=[N+]([O-])c1ccc(CO)cc1N1CCC(Oc2cccc(Cl)c2)C1. The molecule has 0 radical (unpaired) electrons. The highest BCUT2D eigenvalue weighted by Gasteiger charge is 2.29. The van der Waals surface area contributed by atoms with Crippen LogP contribution in [0.1, 0.15) is 12.0 Å². The molecule has 1 aliphatic rings. The first-order chi connectivity index (χ1) is 11.6. The largest absolute Gasteiger partial charge is 0.488 e. The highest BCUT2D eigenvalue weighted by molar-refractivity contribution is 6.30. The maximum absolute atomic E-state index is 11.3. The summed E-state index contributed by atoms with van der Waals surface area (Å²) in [6.07, 6.45) is 0.688. The molecule has 1 heterocycles. The number of ether oxygens (including phenoxy) is 1. The summed E-state index contributed by atoms with van der Waals surface area (Å²) in [4.78, 5) is 12.8. The summed E-state index contributed by atoms with van der Waals surface area (Å²) >= 11 is 5.95. The number of hydrogen-bond acceptors (Lipinski definition) is 5. The van der Waals surface area contributed by atoms with Crippen molar-refractivity contribution in [3.8, 4) is 5.75 Å². The Morgan fingerprint density at radius 2 is 2.17 bits per heavy atom. The smallest absolute Gasteiger partial charge is 0.292 e. The number of aliphatic hydroxyl groups excluding tert-OH is 1. The van der Waals surface area contributed by atoms with E-state index in [0.717, 1.165) is 6.42 Å². The molecule has 1 aliphatic heterocycles. The van der Waals surface area contributed by atoms with Gasteiger partial charge in [-0.15, -0.1) is 0 Å². The Morgan fingerprint density at radius 3 is 2.88 bits per heavy atom. The Morgan fingerprint density at radius 1 is 1.33 bits per heavy atom. The lowest BCUT2D eigenvalue weighted by molar-refractivity contribution is -0.384. The van der Waals surface area contributed by atoms with Gasteiger partial charge in [0.25, 0.3) is 5.69 Å². The van der Waals surface area contributed by atoms with Crippen LogP contribution in [0.2, 0.25) is 5.02 Å². The number of halogens is 1. The Hall–Kier alpha value is -2.31. The fourth-order valence-electron chi connectivity index (χ4n) is 2.85. The molecule has 1 fully saturated rings. The second-order valence-corrected chi connectivity index (χ2v) is 6.11. The Kier molecular flexibility index (Phi) is 4.87. The fourth-order valence-corrected chi connectivity index (χ4v) is 3.03. The zero-order valence-corrected chi connectivity index (χ0v) is 13.6. The van der Waals surface area contributed by atoms with Crippen LogP contribution in [0.5, 0.6) is 5.75 Å². The fraction of sp³-hybridized carbons (Fsp3) is 0.294. The number of hydrogen-bond donors (Lipinski definition) is 1. The van der Waals surface area contributed by atoms with E-state index in [-0.39, 0.29) is 18.4 Å². The Balaban J connectivity index is 1.76. The van der Waals surface area contributed by atoms with Gasteiger partial charge in [0.05, 0.1) is 18.1 Å². The predicted octanol–water partition coefficient (Wildman–Crippen LogP) is 3.40. The number of aliphatic hydroxyl groups is 1. The molecule has 2 aromatic carbocycles. The molecule has 0 saturated carbocycles. The third-order valence-electron chi connectivity index (χ3n) is 4.00. The molecule has 0 bridgehead atoms. The third kappa shape index (κ3) is 3.60. The van der Waals surface area contributed by atoms with Crippen LogP contribution in [0.25, 0.3) is 0 Å². The van der Waals surface area contributed by atoms with Gasteiger partial charge in [0.1, 0.15) is 17.5 Å². The van der Waals surface area contributed by atoms with Gasteiger partial charge in [-0.3, -0.25) is 10.1 Å². The van der Waals surface area contributed by atoms with Crippen molar-refractivity contribution in [3.05, 3.63) is 63.2 Å². The van der Waals surface area contributed by atoms with Gasteiger partial charge in [0.2, 0.25) is 0 Å². The van der Waals surface area contributed by atoms with E-state index >= 15 is 0 Å². The molecule has 0 aromatic heterocycles. The number of nitro benzene ring substituents is 1. The van der Waals surface area contributed by atoms with Crippen LogP contribution in [0, 0.1) is 10.1 Å². The van der Waals surface area contributed by atoms with Crippen molar-refractivity contribution in [2.24, 2.45) is 0 Å². The quantitative estimate of drug-likeness (QED) is 0.662. The molecule has 1 unspecified atom stereocenters. The lowest BCUT2D eigenvalue weighted by atomic mass is 10.1. The van der Waals surface area contributed by atoms with E-state index in [1.165, 1.54) is 6.07 Å². The third-order valence-corrected chi connectivity index (χ3v) is 4.24. The van der Waals surface area contributed by atoms with E-state index in [1.807, 2.05) is 17.0 Å². The van der Waals surface area contributed by atoms with E-state index in [0.29, 0.717) is 35.1 Å². The maximum Gasteiger partial charge on any atom is 0.292 e. The van der Waals surface area contributed by atoms with E-state index in [4.69, 9.17) is 16.3 Å². The molecule has 126 valence electrons. The number of benzene rings is 2. The average Bonchev–Trinajstić information content (AvgIpc) is 3.02. The second-order valence-electron chi connectivity index (χ2n) is 5.67. The molecular weight excluding hydrogens is 332 g/mol. The van der Waals surface area contributed by atoms with Gasteiger partial charge < -0.3 is 14.7 Å². The second kappa shape index (κ2) is 7.07. The van der Waals surface area contributed by atoms with Crippen molar-refractivity contribution in [2.45, 2.75) is 19.1 Å². The van der Waals surface area contributed by atoms with E-state index in [9.17, 15) is 15.2 Å². The van der Waals surface area contributed by atoms with Gasteiger partial charge in [-0.25, -0.2) is 0 Å². The van der Waals surface area contributed by atoms with Crippen molar-refractivity contribution >= 4 is 23.0 Å². The lowest BCUT2D eigenvalue weighted by Crippen LogP contribution is -2.25. The standard InChI is InChI=1S/C17H17ClN2O4/c18-13-2-1-3-14(9-13)24-15-6-7-19(10-15)17-8-12(11-21)4-5-16(17)20(22)23/h1-5,8-9,15,21H,6-7,10-11H2. The van der Waals surface area contributed by atoms with Crippen LogP contribution in [0.3, 0.4) is 0 Å². The Bertz CT molecular complexity index is 753. The molecule has 1 saturated heterocycles. The predicted molar refractivity (Wildman–Crippen MR) is 91.7 cm³/mol. The molecule has 7 heteroatoms. The van der Waals surface area contributed by atoms with Crippen molar-refractivity contribution in [1.29, 1.82) is 0 Å². The molecule has 24 heavy (non-hydrogen) atoms. The van der Waals surface area contributed by atoms with Crippen LogP contribution < -0.4 is 9.64 Å². The highest BCUT2D eigenvalue weighted by atomic mass is 35.5. The van der Waals surface area contributed by atoms with E-state index in [2.05, 4.69) is 0 Å². The number of rotatable bonds is 5. The van der Waals surface area contributed by atoms with Crippen LogP contribution in [0.15, 0.2) is 42.5 Å². The monoisotopic (exact) mass is 348 g/mol.